The molecule has 104 valence electrons. The molecule has 0 aliphatic carbocycles. The van der Waals surface area contributed by atoms with Gasteiger partial charge in [-0.15, -0.1) is 0 Å². The predicted octanol–water partition coefficient (Wildman–Crippen LogP) is 2.49. The zero-order chi connectivity index (χ0) is 14.0. The zero-order valence-electron chi connectivity index (χ0n) is 12.1. The number of aryl methyl sites for hydroxylation is 3. The van der Waals surface area contributed by atoms with Crippen molar-refractivity contribution in [1.29, 1.82) is 0 Å². The number of anilines is 2. The zero-order valence-corrected chi connectivity index (χ0v) is 12.1. The summed E-state index contributed by atoms with van der Waals surface area (Å²) >= 11 is 0. The first-order valence-electron chi connectivity index (χ1n) is 6.60. The summed E-state index contributed by atoms with van der Waals surface area (Å²) in [4.78, 5) is 2.11. The van der Waals surface area contributed by atoms with Crippen molar-refractivity contribution < 1.29 is 4.42 Å². The maximum absolute atomic E-state index is 6.21. The highest BCUT2D eigenvalue weighted by atomic mass is 16.3. The monoisotopic (exact) mass is 262 g/mol. The van der Waals surface area contributed by atoms with Gasteiger partial charge >= 0.3 is 0 Å². The van der Waals surface area contributed by atoms with Gasteiger partial charge in [-0.1, -0.05) is 13.3 Å². The molecule has 0 atom stereocenters. The first kappa shape index (κ1) is 13.5. The van der Waals surface area contributed by atoms with Crippen molar-refractivity contribution in [2.24, 2.45) is 7.05 Å². The molecule has 19 heavy (non-hydrogen) atoms. The molecule has 0 aromatic carbocycles. The Hall–Kier alpha value is -1.91. The van der Waals surface area contributed by atoms with Crippen LogP contribution in [0.2, 0.25) is 0 Å². The topological polar surface area (TPSA) is 60.2 Å². The fourth-order valence-corrected chi connectivity index (χ4v) is 2.37. The van der Waals surface area contributed by atoms with Crippen LogP contribution in [0.25, 0.3) is 0 Å². The largest absolute Gasteiger partial charge is 0.469 e. The normalized spacial score (nSPS) is 10.9. The number of rotatable bonds is 5. The Balaban J connectivity index is 2.24. The second-order valence-corrected chi connectivity index (χ2v) is 4.92. The number of nitrogen functional groups attached to an aromatic ring is 1. The molecule has 0 unspecified atom stereocenters. The van der Waals surface area contributed by atoms with Crippen LogP contribution in [0.3, 0.4) is 0 Å². The van der Waals surface area contributed by atoms with Gasteiger partial charge in [-0.25, -0.2) is 0 Å². The number of hydrogen-bond donors (Lipinski definition) is 1. The quantitative estimate of drug-likeness (QED) is 0.899. The van der Waals surface area contributed by atoms with Crippen molar-refractivity contribution in [1.82, 2.24) is 9.78 Å². The molecule has 0 fully saturated rings. The van der Waals surface area contributed by atoms with Gasteiger partial charge in [0.25, 0.3) is 0 Å². The second-order valence-electron chi connectivity index (χ2n) is 4.92. The lowest BCUT2D eigenvalue weighted by Gasteiger charge is -2.19. The molecular formula is C14H22N4O. The summed E-state index contributed by atoms with van der Waals surface area (Å²) in [6, 6.07) is 1.99. The summed E-state index contributed by atoms with van der Waals surface area (Å²) in [7, 11) is 3.96. The summed E-state index contributed by atoms with van der Waals surface area (Å²) in [6.07, 6.45) is 3.68. The Kier molecular flexibility index (Phi) is 3.83. The maximum Gasteiger partial charge on any atom is 0.150 e. The summed E-state index contributed by atoms with van der Waals surface area (Å²) in [6.45, 7) is 4.86. The Morgan fingerprint density at radius 1 is 1.47 bits per heavy atom. The molecule has 2 aromatic rings. The van der Waals surface area contributed by atoms with E-state index in [1.807, 2.05) is 31.8 Å². The molecule has 0 amide bonds. The highest BCUT2D eigenvalue weighted by Gasteiger charge is 2.17. The third kappa shape index (κ3) is 2.59. The van der Waals surface area contributed by atoms with Crippen LogP contribution in [-0.2, 0) is 20.0 Å². The first-order chi connectivity index (χ1) is 9.04. The molecule has 2 aromatic heterocycles. The lowest BCUT2D eigenvalue weighted by atomic mass is 10.2. The summed E-state index contributed by atoms with van der Waals surface area (Å²) in [5.74, 6) is 1.91. The molecule has 5 heteroatoms. The average molecular weight is 262 g/mol. The summed E-state index contributed by atoms with van der Waals surface area (Å²) < 4.78 is 7.18. The van der Waals surface area contributed by atoms with Crippen molar-refractivity contribution in [3.05, 3.63) is 29.3 Å². The van der Waals surface area contributed by atoms with E-state index < -0.39 is 0 Å². The van der Waals surface area contributed by atoms with Gasteiger partial charge in [0.1, 0.15) is 11.6 Å². The molecule has 0 aliphatic rings. The Labute approximate surface area is 114 Å². The van der Waals surface area contributed by atoms with E-state index in [2.05, 4.69) is 16.9 Å². The highest BCUT2D eigenvalue weighted by molar-refractivity contribution is 5.66. The first-order valence-corrected chi connectivity index (χ1v) is 6.60. The third-order valence-electron chi connectivity index (χ3n) is 3.35. The van der Waals surface area contributed by atoms with Crippen LogP contribution >= 0.6 is 0 Å². The van der Waals surface area contributed by atoms with E-state index in [0.29, 0.717) is 0 Å². The Morgan fingerprint density at radius 3 is 2.79 bits per heavy atom. The van der Waals surface area contributed by atoms with E-state index in [-0.39, 0.29) is 0 Å². The van der Waals surface area contributed by atoms with E-state index in [4.69, 9.17) is 10.2 Å². The van der Waals surface area contributed by atoms with E-state index in [1.54, 1.807) is 6.26 Å². The van der Waals surface area contributed by atoms with Gasteiger partial charge in [-0.3, -0.25) is 4.68 Å². The minimum atomic E-state index is 0.762. The fourth-order valence-electron chi connectivity index (χ4n) is 2.37. The molecule has 5 nitrogen and oxygen atoms in total. The number of hydrogen-bond acceptors (Lipinski definition) is 4. The molecule has 0 saturated carbocycles. The molecular weight excluding hydrogens is 240 g/mol. The minimum Gasteiger partial charge on any atom is -0.469 e. The van der Waals surface area contributed by atoms with Gasteiger partial charge in [-0.05, 0) is 19.4 Å². The van der Waals surface area contributed by atoms with Gasteiger partial charge in [0.2, 0.25) is 0 Å². The van der Waals surface area contributed by atoms with Crippen molar-refractivity contribution in [2.45, 2.75) is 33.2 Å². The Morgan fingerprint density at radius 2 is 2.21 bits per heavy atom. The van der Waals surface area contributed by atoms with Gasteiger partial charge in [0.15, 0.2) is 0 Å². The van der Waals surface area contributed by atoms with Crippen LogP contribution in [0, 0.1) is 6.92 Å². The van der Waals surface area contributed by atoms with E-state index in [9.17, 15) is 0 Å². The van der Waals surface area contributed by atoms with Crippen LogP contribution in [-0.4, -0.2) is 16.8 Å². The minimum absolute atomic E-state index is 0.762. The molecule has 2 N–H and O–H groups in total. The molecule has 0 spiro atoms. The standard InChI is InChI=1S/C14H22N4O/c1-5-6-12-13(15)14(18(4)16-12)17(3)9-11-7-8-19-10(11)2/h7-8H,5-6,9,15H2,1-4H3. The maximum atomic E-state index is 6.21. The van der Waals surface area contributed by atoms with Gasteiger partial charge in [-0.2, -0.15) is 5.10 Å². The number of furan rings is 1. The van der Waals surface area contributed by atoms with Crippen LogP contribution in [0.15, 0.2) is 16.7 Å². The SMILES string of the molecule is CCCc1nn(C)c(N(C)Cc2ccoc2C)c1N. The van der Waals surface area contributed by atoms with E-state index in [1.165, 1.54) is 5.56 Å². The number of nitrogens with two attached hydrogens (primary N) is 1. The fraction of sp³-hybridized carbons (Fsp3) is 0.500. The van der Waals surface area contributed by atoms with Gasteiger partial charge in [0.05, 0.1) is 17.6 Å². The van der Waals surface area contributed by atoms with E-state index in [0.717, 1.165) is 42.3 Å². The Bertz CT molecular complexity index is 556. The van der Waals surface area contributed by atoms with Crippen LogP contribution in [0.4, 0.5) is 11.5 Å². The lowest BCUT2D eigenvalue weighted by Crippen LogP contribution is -2.20. The third-order valence-corrected chi connectivity index (χ3v) is 3.35. The number of nitrogens with zero attached hydrogens (tertiary/aromatic N) is 3. The smallest absolute Gasteiger partial charge is 0.150 e. The van der Waals surface area contributed by atoms with Gasteiger partial charge in [0, 0.05) is 26.2 Å². The second kappa shape index (κ2) is 5.38. The van der Waals surface area contributed by atoms with Crippen molar-refractivity contribution >= 4 is 11.5 Å². The van der Waals surface area contributed by atoms with Gasteiger partial charge < -0.3 is 15.1 Å². The average Bonchev–Trinajstić information content (AvgIpc) is 2.85. The predicted molar refractivity (Wildman–Crippen MR) is 77.2 cm³/mol. The van der Waals surface area contributed by atoms with Crippen LogP contribution in [0.5, 0.6) is 0 Å². The molecule has 0 aliphatic heterocycles. The number of aromatic nitrogens is 2. The van der Waals surface area contributed by atoms with Crippen LogP contribution < -0.4 is 10.6 Å². The molecule has 0 radical (unpaired) electrons. The molecule has 0 bridgehead atoms. The molecule has 0 saturated heterocycles. The van der Waals surface area contributed by atoms with Crippen LogP contribution in [0.1, 0.15) is 30.4 Å². The molecule has 2 rings (SSSR count). The van der Waals surface area contributed by atoms with Crippen molar-refractivity contribution in [3.63, 3.8) is 0 Å². The summed E-state index contributed by atoms with van der Waals surface area (Å²) in [5, 5.41) is 4.50. The van der Waals surface area contributed by atoms with E-state index >= 15 is 0 Å². The molecule has 2 heterocycles. The summed E-state index contributed by atoms with van der Waals surface area (Å²) in [5.41, 5.74) is 9.14. The van der Waals surface area contributed by atoms with Crippen molar-refractivity contribution in [3.8, 4) is 0 Å². The van der Waals surface area contributed by atoms with Crippen molar-refractivity contribution in [2.75, 3.05) is 17.7 Å². The lowest BCUT2D eigenvalue weighted by molar-refractivity contribution is 0.529. The highest BCUT2D eigenvalue weighted by Crippen LogP contribution is 2.27.